The molecular weight excluding hydrogens is 174 g/mol. The fourth-order valence-electron chi connectivity index (χ4n) is 2.81. The summed E-state index contributed by atoms with van der Waals surface area (Å²) in [4.78, 5) is 11.7. The Morgan fingerprint density at radius 3 is 2.86 bits per heavy atom. The molecule has 2 aliphatic rings. The van der Waals surface area contributed by atoms with Gasteiger partial charge in [0.15, 0.2) is 0 Å². The van der Waals surface area contributed by atoms with Crippen LogP contribution in [0.5, 0.6) is 0 Å². The molecule has 1 aliphatic carbocycles. The fraction of sp³-hybridized carbons (Fsp3) is 0.417. The maximum Gasteiger partial charge on any atom is 0.228 e. The Hall–Kier alpha value is -1.31. The molecule has 1 fully saturated rings. The molecule has 0 bridgehead atoms. The van der Waals surface area contributed by atoms with Crippen LogP contribution < -0.4 is 5.32 Å². The Bertz CT molecular complexity index is 386. The van der Waals surface area contributed by atoms with Crippen LogP contribution in [0.1, 0.15) is 30.7 Å². The van der Waals surface area contributed by atoms with Gasteiger partial charge in [0.1, 0.15) is 0 Å². The lowest BCUT2D eigenvalue weighted by molar-refractivity contribution is -0.120. The molecule has 1 saturated carbocycles. The number of rotatable bonds is 0. The Kier molecular flexibility index (Phi) is 1.63. The summed E-state index contributed by atoms with van der Waals surface area (Å²) in [6, 6.07) is 8.19. The molecule has 1 unspecified atom stereocenters. The molecule has 14 heavy (non-hydrogen) atoms. The zero-order valence-corrected chi connectivity index (χ0v) is 7.99. The van der Waals surface area contributed by atoms with Crippen LogP contribution in [0.15, 0.2) is 24.3 Å². The predicted molar refractivity (Wildman–Crippen MR) is 55.2 cm³/mol. The summed E-state index contributed by atoms with van der Waals surface area (Å²) in [6.45, 7) is 0. The first-order valence-corrected chi connectivity index (χ1v) is 5.26. The summed E-state index contributed by atoms with van der Waals surface area (Å²) in [7, 11) is 0. The average Bonchev–Trinajstić information content (AvgIpc) is 2.67. The van der Waals surface area contributed by atoms with Crippen LogP contribution >= 0.6 is 0 Å². The third kappa shape index (κ3) is 0.999. The highest BCUT2D eigenvalue weighted by Gasteiger charge is 2.38. The van der Waals surface area contributed by atoms with E-state index < -0.39 is 0 Å². The molecule has 1 N–H and O–H groups in total. The van der Waals surface area contributed by atoms with E-state index >= 15 is 0 Å². The molecule has 1 amide bonds. The van der Waals surface area contributed by atoms with Crippen molar-refractivity contribution < 1.29 is 4.79 Å². The van der Waals surface area contributed by atoms with Crippen LogP contribution in [0.2, 0.25) is 0 Å². The molecule has 72 valence electrons. The van der Waals surface area contributed by atoms with Crippen molar-refractivity contribution in [3.8, 4) is 0 Å². The largest absolute Gasteiger partial charge is 0.326 e. The van der Waals surface area contributed by atoms with Crippen LogP contribution in [0.25, 0.3) is 0 Å². The average molecular weight is 187 g/mol. The summed E-state index contributed by atoms with van der Waals surface area (Å²) in [5, 5.41) is 2.99. The molecule has 0 saturated heterocycles. The number of amides is 1. The van der Waals surface area contributed by atoms with Crippen LogP contribution in [0.3, 0.4) is 0 Å². The molecule has 1 aromatic carbocycles. The minimum absolute atomic E-state index is 0.228. The first kappa shape index (κ1) is 8.04. The van der Waals surface area contributed by atoms with E-state index in [0.717, 1.165) is 12.1 Å². The van der Waals surface area contributed by atoms with Crippen molar-refractivity contribution >= 4 is 11.6 Å². The maximum absolute atomic E-state index is 11.7. The van der Waals surface area contributed by atoms with Crippen LogP contribution in [-0.2, 0) is 4.79 Å². The third-order valence-corrected chi connectivity index (χ3v) is 3.47. The molecule has 1 aromatic rings. The third-order valence-electron chi connectivity index (χ3n) is 3.47. The summed E-state index contributed by atoms with van der Waals surface area (Å²) in [5.74, 6) is 0.955. The maximum atomic E-state index is 11.7. The highest BCUT2D eigenvalue weighted by molar-refractivity contribution is 5.96. The van der Waals surface area contributed by atoms with E-state index in [0.29, 0.717) is 5.92 Å². The van der Waals surface area contributed by atoms with Crippen LogP contribution in [-0.4, -0.2) is 5.91 Å². The molecule has 2 atom stereocenters. The van der Waals surface area contributed by atoms with Crippen molar-refractivity contribution in [2.24, 2.45) is 5.92 Å². The Morgan fingerprint density at radius 2 is 1.93 bits per heavy atom. The minimum atomic E-state index is 0.228. The standard InChI is InChI=1S/C12H13NO/c14-12-10-6-3-5-8(10)9-4-1-2-7-11(9)13-12/h1-2,4,7-8,10H,3,5-6H2,(H,13,14)/t8-,10?/m1/s1. The number of benzene rings is 1. The fourth-order valence-corrected chi connectivity index (χ4v) is 2.81. The van der Waals surface area contributed by atoms with E-state index in [2.05, 4.69) is 17.4 Å². The summed E-state index contributed by atoms with van der Waals surface area (Å²) < 4.78 is 0. The van der Waals surface area contributed by atoms with Crippen molar-refractivity contribution in [1.29, 1.82) is 0 Å². The topological polar surface area (TPSA) is 29.1 Å². The SMILES string of the molecule is O=C1Nc2ccccc2[C@H]2CCCC12. The van der Waals surface area contributed by atoms with Gasteiger partial charge >= 0.3 is 0 Å². The lowest BCUT2D eigenvalue weighted by Gasteiger charge is -2.27. The molecule has 0 aromatic heterocycles. The van der Waals surface area contributed by atoms with Gasteiger partial charge in [0.25, 0.3) is 0 Å². The number of anilines is 1. The van der Waals surface area contributed by atoms with Gasteiger partial charge in [-0.1, -0.05) is 24.6 Å². The number of nitrogens with one attached hydrogen (secondary N) is 1. The quantitative estimate of drug-likeness (QED) is 0.664. The van der Waals surface area contributed by atoms with Crippen molar-refractivity contribution in [2.45, 2.75) is 25.2 Å². The van der Waals surface area contributed by atoms with Gasteiger partial charge in [-0.15, -0.1) is 0 Å². The molecule has 3 rings (SSSR count). The van der Waals surface area contributed by atoms with Crippen molar-refractivity contribution in [1.82, 2.24) is 0 Å². The number of carbonyl (C=O) groups is 1. The normalized spacial score (nSPS) is 29.3. The molecular formula is C12H13NO. The van der Waals surface area contributed by atoms with E-state index in [1.165, 1.54) is 18.4 Å². The second-order valence-electron chi connectivity index (χ2n) is 4.22. The Morgan fingerprint density at radius 1 is 1.14 bits per heavy atom. The van der Waals surface area contributed by atoms with Gasteiger partial charge in [-0.2, -0.15) is 0 Å². The molecule has 1 aliphatic heterocycles. The highest BCUT2D eigenvalue weighted by atomic mass is 16.2. The zero-order valence-electron chi connectivity index (χ0n) is 7.99. The van der Waals surface area contributed by atoms with E-state index in [1.54, 1.807) is 0 Å². The van der Waals surface area contributed by atoms with Crippen molar-refractivity contribution in [3.05, 3.63) is 29.8 Å². The first-order chi connectivity index (χ1) is 6.86. The molecule has 2 heteroatoms. The monoisotopic (exact) mass is 187 g/mol. The second-order valence-corrected chi connectivity index (χ2v) is 4.22. The summed E-state index contributed by atoms with van der Waals surface area (Å²) in [5.41, 5.74) is 2.37. The van der Waals surface area contributed by atoms with Crippen LogP contribution in [0.4, 0.5) is 5.69 Å². The minimum Gasteiger partial charge on any atom is -0.326 e. The number of hydrogen-bond acceptors (Lipinski definition) is 1. The lowest BCUT2D eigenvalue weighted by atomic mass is 9.84. The van der Waals surface area contributed by atoms with Gasteiger partial charge in [-0.25, -0.2) is 0 Å². The van der Waals surface area contributed by atoms with E-state index in [9.17, 15) is 4.79 Å². The number of para-hydroxylation sites is 1. The van der Waals surface area contributed by atoms with Gasteiger partial charge in [0, 0.05) is 11.6 Å². The van der Waals surface area contributed by atoms with Gasteiger partial charge in [0.2, 0.25) is 5.91 Å². The number of carbonyl (C=O) groups excluding carboxylic acids is 1. The molecule has 0 radical (unpaired) electrons. The number of fused-ring (bicyclic) bond motifs is 3. The zero-order chi connectivity index (χ0) is 9.54. The lowest BCUT2D eigenvalue weighted by Crippen LogP contribution is -2.30. The van der Waals surface area contributed by atoms with Crippen molar-refractivity contribution in [3.63, 3.8) is 0 Å². The first-order valence-electron chi connectivity index (χ1n) is 5.26. The van der Waals surface area contributed by atoms with Crippen LogP contribution in [0, 0.1) is 5.92 Å². The summed E-state index contributed by atoms with van der Waals surface area (Å²) >= 11 is 0. The Labute approximate surface area is 83.3 Å². The summed E-state index contributed by atoms with van der Waals surface area (Å²) in [6.07, 6.45) is 3.43. The smallest absolute Gasteiger partial charge is 0.228 e. The molecule has 2 nitrogen and oxygen atoms in total. The highest BCUT2D eigenvalue weighted by Crippen LogP contribution is 2.45. The Balaban J connectivity index is 2.11. The molecule has 1 heterocycles. The predicted octanol–water partition coefficient (Wildman–Crippen LogP) is 2.52. The number of hydrogen-bond donors (Lipinski definition) is 1. The van der Waals surface area contributed by atoms with Crippen molar-refractivity contribution in [2.75, 3.05) is 5.32 Å². The van der Waals surface area contributed by atoms with Gasteiger partial charge in [-0.3, -0.25) is 4.79 Å². The van der Waals surface area contributed by atoms with E-state index in [4.69, 9.17) is 0 Å². The van der Waals surface area contributed by atoms with E-state index in [1.807, 2.05) is 12.1 Å². The van der Waals surface area contributed by atoms with Gasteiger partial charge in [0.05, 0.1) is 0 Å². The van der Waals surface area contributed by atoms with Gasteiger partial charge in [-0.05, 0) is 30.4 Å². The molecule has 0 spiro atoms. The second kappa shape index (κ2) is 2.84. The van der Waals surface area contributed by atoms with E-state index in [-0.39, 0.29) is 11.8 Å². The van der Waals surface area contributed by atoms with Gasteiger partial charge < -0.3 is 5.32 Å².